The Morgan fingerprint density at radius 3 is 2.06 bits per heavy atom. The van der Waals surface area contributed by atoms with Gasteiger partial charge in [-0.25, -0.2) is 13.6 Å². The molecule has 0 radical (unpaired) electrons. The van der Waals surface area contributed by atoms with Gasteiger partial charge in [-0.3, -0.25) is 4.79 Å². The fourth-order valence-corrected chi connectivity index (χ4v) is 8.28. The SMILES string of the molecule is Cc1ccc(F)c(C(=O)N2CCC3(CCN(C(=O)NC45CC6CC(CC(C6)C4)C5)C3)CC2)c1F. The van der Waals surface area contributed by atoms with Crippen molar-refractivity contribution in [1.82, 2.24) is 15.1 Å². The zero-order chi connectivity index (χ0) is 23.7. The molecule has 34 heavy (non-hydrogen) atoms. The molecule has 6 aliphatic rings. The molecule has 4 saturated carbocycles. The zero-order valence-corrected chi connectivity index (χ0v) is 20.0. The van der Waals surface area contributed by atoms with E-state index in [1.165, 1.54) is 25.3 Å². The van der Waals surface area contributed by atoms with Crippen LogP contribution in [0.2, 0.25) is 0 Å². The van der Waals surface area contributed by atoms with Crippen molar-refractivity contribution in [3.8, 4) is 0 Å². The Bertz CT molecular complexity index is 982. The number of amides is 3. The minimum absolute atomic E-state index is 0.000710. The number of hydrogen-bond donors (Lipinski definition) is 1. The normalized spacial score (nSPS) is 33.6. The second-order valence-electron chi connectivity index (χ2n) is 12.1. The fraction of sp³-hybridized carbons (Fsp3) is 0.704. The summed E-state index contributed by atoms with van der Waals surface area (Å²) in [4.78, 5) is 29.7. The van der Waals surface area contributed by atoms with Crippen LogP contribution in [0, 0.1) is 41.7 Å². The van der Waals surface area contributed by atoms with Crippen LogP contribution in [0.3, 0.4) is 0 Å². The van der Waals surface area contributed by atoms with Crippen LogP contribution in [-0.4, -0.2) is 53.5 Å². The maximum Gasteiger partial charge on any atom is 0.317 e. The maximum atomic E-state index is 14.5. The smallest absolute Gasteiger partial charge is 0.317 e. The quantitative estimate of drug-likeness (QED) is 0.669. The van der Waals surface area contributed by atoms with Gasteiger partial charge in [0.2, 0.25) is 0 Å². The van der Waals surface area contributed by atoms with E-state index in [1.807, 2.05) is 4.90 Å². The lowest BCUT2D eigenvalue weighted by atomic mass is 9.53. The molecule has 184 valence electrons. The van der Waals surface area contributed by atoms with E-state index in [4.69, 9.17) is 0 Å². The summed E-state index contributed by atoms with van der Waals surface area (Å²) < 4.78 is 28.7. The molecule has 1 N–H and O–H groups in total. The van der Waals surface area contributed by atoms with E-state index in [0.29, 0.717) is 19.6 Å². The first-order valence-corrected chi connectivity index (χ1v) is 13.1. The highest BCUT2D eigenvalue weighted by molar-refractivity contribution is 5.95. The summed E-state index contributed by atoms with van der Waals surface area (Å²) in [5.74, 6) is 0.243. The third-order valence-electron chi connectivity index (χ3n) is 9.75. The molecule has 4 aliphatic carbocycles. The number of rotatable bonds is 2. The van der Waals surface area contributed by atoms with Crippen molar-refractivity contribution in [2.45, 2.75) is 70.3 Å². The van der Waals surface area contributed by atoms with Crippen LogP contribution >= 0.6 is 0 Å². The number of urea groups is 1. The first kappa shape index (κ1) is 22.3. The average Bonchev–Trinajstić information content (AvgIpc) is 3.19. The minimum atomic E-state index is -0.804. The molecule has 1 spiro atoms. The van der Waals surface area contributed by atoms with Crippen molar-refractivity contribution >= 4 is 11.9 Å². The van der Waals surface area contributed by atoms with Gasteiger partial charge in [0.15, 0.2) is 0 Å². The van der Waals surface area contributed by atoms with Crippen molar-refractivity contribution in [3.05, 3.63) is 34.9 Å². The molecule has 3 amide bonds. The monoisotopic (exact) mass is 471 g/mol. The van der Waals surface area contributed by atoms with E-state index in [1.54, 1.807) is 11.8 Å². The lowest BCUT2D eigenvalue weighted by molar-refractivity contribution is -0.0156. The summed E-state index contributed by atoms with van der Waals surface area (Å²) in [6, 6.07) is 2.60. The number of hydrogen-bond acceptors (Lipinski definition) is 2. The van der Waals surface area contributed by atoms with Gasteiger partial charge in [-0.1, -0.05) is 6.07 Å². The summed E-state index contributed by atoms with van der Waals surface area (Å²) >= 11 is 0. The Labute approximate surface area is 200 Å². The van der Waals surface area contributed by atoms with Gasteiger partial charge in [-0.15, -0.1) is 0 Å². The average molecular weight is 472 g/mol. The molecule has 2 heterocycles. The number of nitrogens with zero attached hydrogens (tertiary/aromatic N) is 2. The summed E-state index contributed by atoms with van der Waals surface area (Å²) in [5.41, 5.74) is -0.160. The van der Waals surface area contributed by atoms with Crippen LogP contribution in [0.1, 0.15) is 73.7 Å². The summed E-state index contributed by atoms with van der Waals surface area (Å²) in [6.45, 7) is 3.93. The van der Waals surface area contributed by atoms with Crippen LogP contribution in [0.25, 0.3) is 0 Å². The predicted octanol–water partition coefficient (Wildman–Crippen LogP) is 4.88. The molecule has 7 rings (SSSR count). The molecule has 0 unspecified atom stereocenters. The number of carbonyl (C=O) groups is 2. The van der Waals surface area contributed by atoms with E-state index in [0.717, 1.165) is 68.9 Å². The van der Waals surface area contributed by atoms with E-state index < -0.39 is 23.1 Å². The molecule has 0 aromatic heterocycles. The molecular weight excluding hydrogens is 436 g/mol. The number of likely N-dealkylation sites (tertiary alicyclic amines) is 2. The van der Waals surface area contributed by atoms with Crippen LogP contribution in [-0.2, 0) is 0 Å². The highest BCUT2D eigenvalue weighted by Crippen LogP contribution is 2.55. The first-order chi connectivity index (χ1) is 16.2. The highest BCUT2D eigenvalue weighted by Gasteiger charge is 2.52. The Hall–Kier alpha value is -2.18. The van der Waals surface area contributed by atoms with Gasteiger partial charge >= 0.3 is 6.03 Å². The van der Waals surface area contributed by atoms with Gasteiger partial charge in [-0.2, -0.15) is 0 Å². The summed E-state index contributed by atoms with van der Waals surface area (Å²) in [5, 5.41) is 3.49. The predicted molar refractivity (Wildman–Crippen MR) is 124 cm³/mol. The van der Waals surface area contributed by atoms with Gasteiger partial charge in [0, 0.05) is 31.7 Å². The van der Waals surface area contributed by atoms with Gasteiger partial charge in [0.1, 0.15) is 17.2 Å². The molecule has 0 atom stereocenters. The van der Waals surface area contributed by atoms with E-state index in [-0.39, 0.29) is 22.5 Å². The van der Waals surface area contributed by atoms with Gasteiger partial charge < -0.3 is 15.1 Å². The summed E-state index contributed by atoms with van der Waals surface area (Å²) in [6.07, 6.45) is 9.95. The highest BCUT2D eigenvalue weighted by atomic mass is 19.1. The van der Waals surface area contributed by atoms with E-state index in [2.05, 4.69) is 5.32 Å². The molecule has 7 heteroatoms. The van der Waals surface area contributed by atoms with Gasteiger partial charge in [0.25, 0.3) is 5.91 Å². The second kappa shape index (κ2) is 7.92. The molecule has 1 aromatic carbocycles. The fourth-order valence-electron chi connectivity index (χ4n) is 8.28. The van der Waals surface area contributed by atoms with Crippen molar-refractivity contribution < 1.29 is 18.4 Å². The van der Waals surface area contributed by atoms with Crippen molar-refractivity contribution in [3.63, 3.8) is 0 Å². The molecule has 2 aliphatic heterocycles. The number of piperidine rings is 1. The van der Waals surface area contributed by atoms with E-state index >= 15 is 0 Å². The lowest BCUT2D eigenvalue weighted by Crippen LogP contribution is -2.61. The van der Waals surface area contributed by atoms with Crippen LogP contribution in [0.5, 0.6) is 0 Å². The zero-order valence-electron chi connectivity index (χ0n) is 20.0. The maximum absolute atomic E-state index is 14.5. The third kappa shape index (κ3) is 3.70. The van der Waals surface area contributed by atoms with Gasteiger partial charge in [-0.05, 0) is 99.5 Å². The number of carbonyl (C=O) groups excluding carboxylic acids is 2. The van der Waals surface area contributed by atoms with E-state index in [9.17, 15) is 18.4 Å². The Morgan fingerprint density at radius 2 is 1.47 bits per heavy atom. The van der Waals surface area contributed by atoms with Crippen LogP contribution in [0.4, 0.5) is 13.6 Å². The topological polar surface area (TPSA) is 52.7 Å². The molecule has 2 saturated heterocycles. The Balaban J connectivity index is 1.07. The van der Waals surface area contributed by atoms with Crippen molar-refractivity contribution in [1.29, 1.82) is 0 Å². The third-order valence-corrected chi connectivity index (χ3v) is 9.75. The number of benzene rings is 1. The summed E-state index contributed by atoms with van der Waals surface area (Å²) in [7, 11) is 0. The van der Waals surface area contributed by atoms with Crippen molar-refractivity contribution in [2.24, 2.45) is 23.2 Å². The number of halogens is 2. The number of nitrogens with one attached hydrogen (secondary N) is 1. The molecule has 1 aromatic rings. The standard InChI is InChI=1S/C27H35F2N3O2/c1-17-2-3-21(28)22(23(17)29)24(33)31-7-4-26(5-8-31)6-9-32(16-26)25(34)30-27-13-18-10-19(14-27)12-20(11-18)15-27/h2-3,18-20H,4-16H2,1H3,(H,30,34). The Kier molecular flexibility index (Phi) is 5.19. The second-order valence-corrected chi connectivity index (χ2v) is 12.1. The molecule has 4 bridgehead atoms. The molecule has 5 nitrogen and oxygen atoms in total. The first-order valence-electron chi connectivity index (χ1n) is 13.1. The van der Waals surface area contributed by atoms with Crippen molar-refractivity contribution in [2.75, 3.05) is 26.2 Å². The van der Waals surface area contributed by atoms with Crippen LogP contribution in [0.15, 0.2) is 12.1 Å². The van der Waals surface area contributed by atoms with Crippen LogP contribution < -0.4 is 5.32 Å². The van der Waals surface area contributed by atoms with Gasteiger partial charge in [0.05, 0.1) is 0 Å². The molecule has 6 fully saturated rings. The largest absolute Gasteiger partial charge is 0.338 e. The lowest BCUT2D eigenvalue weighted by Gasteiger charge is -2.57. The Morgan fingerprint density at radius 1 is 0.912 bits per heavy atom. The minimum Gasteiger partial charge on any atom is -0.338 e. The number of aryl methyl sites for hydroxylation is 1. The molecular formula is C27H35F2N3O2.